The third-order valence-corrected chi connectivity index (χ3v) is 5.26. The van der Waals surface area contributed by atoms with Gasteiger partial charge in [0, 0.05) is 48.3 Å². The number of benzene rings is 1. The summed E-state index contributed by atoms with van der Waals surface area (Å²) in [4.78, 5) is 9.46. The second kappa shape index (κ2) is 9.59. The van der Waals surface area contributed by atoms with Gasteiger partial charge in [0.05, 0.1) is 0 Å². The molecular formula is C23H28N8. The van der Waals surface area contributed by atoms with Gasteiger partial charge in [0.25, 0.3) is 0 Å². The molecule has 0 fully saturated rings. The molecule has 0 atom stereocenters. The summed E-state index contributed by atoms with van der Waals surface area (Å²) in [6.45, 7) is 7.25. The highest BCUT2D eigenvalue weighted by Crippen LogP contribution is 2.29. The minimum Gasteiger partial charge on any atom is -0.261 e. The summed E-state index contributed by atoms with van der Waals surface area (Å²) >= 11 is 0. The Bertz CT molecular complexity index is 1100. The van der Waals surface area contributed by atoms with E-state index in [1.165, 1.54) is 0 Å². The molecule has 160 valence electrons. The van der Waals surface area contributed by atoms with Gasteiger partial charge in [-0.05, 0) is 23.3 Å². The molecule has 0 aliphatic heterocycles. The molecule has 3 aromatic heterocycles. The number of nitrogens with zero attached hydrogens (tertiary/aromatic N) is 7. The number of aromatic nitrogens is 8. The van der Waals surface area contributed by atoms with E-state index in [4.69, 9.17) is 15.1 Å². The van der Waals surface area contributed by atoms with Crippen LogP contribution in [0.1, 0.15) is 56.9 Å². The predicted molar refractivity (Wildman–Crippen MR) is 119 cm³/mol. The predicted octanol–water partition coefficient (Wildman–Crippen LogP) is 4.23. The highest BCUT2D eigenvalue weighted by atomic mass is 15.5. The second-order valence-electron chi connectivity index (χ2n) is 7.94. The molecule has 0 amide bonds. The number of pyridine rings is 1. The Morgan fingerprint density at radius 1 is 1.03 bits per heavy atom. The van der Waals surface area contributed by atoms with Gasteiger partial charge in [0.15, 0.2) is 5.82 Å². The van der Waals surface area contributed by atoms with Crippen LogP contribution in [0.5, 0.6) is 0 Å². The average Bonchev–Trinajstić information content (AvgIpc) is 3.47. The molecule has 0 aliphatic rings. The number of rotatable bonds is 9. The summed E-state index contributed by atoms with van der Waals surface area (Å²) in [6.07, 6.45) is 5.97. The lowest BCUT2D eigenvalue weighted by Gasteiger charge is -2.08. The van der Waals surface area contributed by atoms with Crippen molar-refractivity contribution in [3.05, 3.63) is 59.9 Å². The molecule has 0 bridgehead atoms. The molecule has 0 spiro atoms. The number of nitrogens with one attached hydrogen (secondary N) is 1. The van der Waals surface area contributed by atoms with E-state index in [0.717, 1.165) is 66.3 Å². The summed E-state index contributed by atoms with van der Waals surface area (Å²) in [5, 5.41) is 19.2. The van der Waals surface area contributed by atoms with E-state index >= 15 is 0 Å². The molecule has 0 saturated heterocycles. The topological polar surface area (TPSA) is 98.1 Å². The van der Waals surface area contributed by atoms with Crippen LogP contribution in [-0.4, -0.2) is 40.4 Å². The molecule has 0 aliphatic carbocycles. The van der Waals surface area contributed by atoms with E-state index in [-0.39, 0.29) is 0 Å². The Labute approximate surface area is 182 Å². The van der Waals surface area contributed by atoms with Crippen molar-refractivity contribution >= 4 is 0 Å². The van der Waals surface area contributed by atoms with Crippen LogP contribution in [0, 0.1) is 0 Å². The van der Waals surface area contributed by atoms with Crippen LogP contribution in [0.25, 0.3) is 22.5 Å². The number of hydrogen-bond donors (Lipinski definition) is 1. The number of aromatic amines is 1. The number of unbranched alkanes of at least 4 members (excludes halogenated alkanes) is 1. The maximum Gasteiger partial charge on any atom is 0.205 e. The van der Waals surface area contributed by atoms with Gasteiger partial charge in [-0.15, -0.1) is 10.2 Å². The molecule has 4 rings (SSSR count). The monoisotopic (exact) mass is 416 g/mol. The van der Waals surface area contributed by atoms with E-state index < -0.39 is 0 Å². The van der Waals surface area contributed by atoms with E-state index in [9.17, 15) is 0 Å². The lowest BCUT2D eigenvalue weighted by Crippen LogP contribution is -2.09. The normalized spacial score (nSPS) is 11.4. The third-order valence-electron chi connectivity index (χ3n) is 5.26. The average molecular weight is 417 g/mol. The van der Waals surface area contributed by atoms with Crippen molar-refractivity contribution in [2.45, 2.75) is 58.9 Å². The smallest absolute Gasteiger partial charge is 0.205 e. The molecule has 0 saturated carbocycles. The van der Waals surface area contributed by atoms with Crippen LogP contribution in [0.4, 0.5) is 0 Å². The van der Waals surface area contributed by atoms with Gasteiger partial charge in [-0.25, -0.2) is 9.67 Å². The van der Waals surface area contributed by atoms with E-state index in [1.807, 2.05) is 30.5 Å². The lowest BCUT2D eigenvalue weighted by molar-refractivity contribution is 0.558. The van der Waals surface area contributed by atoms with Crippen molar-refractivity contribution in [1.82, 2.24) is 40.4 Å². The third kappa shape index (κ3) is 4.84. The first-order valence-electron chi connectivity index (χ1n) is 10.9. The number of hydrogen-bond acceptors (Lipinski definition) is 6. The van der Waals surface area contributed by atoms with Gasteiger partial charge in [-0.2, -0.15) is 10.3 Å². The molecular weight excluding hydrogens is 388 g/mol. The van der Waals surface area contributed by atoms with Gasteiger partial charge in [0.1, 0.15) is 5.82 Å². The summed E-state index contributed by atoms with van der Waals surface area (Å²) in [6, 6.07) is 12.2. The second-order valence-corrected chi connectivity index (χ2v) is 7.94. The minimum absolute atomic E-state index is 0.332. The number of aryl methyl sites for hydroxylation is 3. The summed E-state index contributed by atoms with van der Waals surface area (Å²) < 4.78 is 2.06. The first kappa shape index (κ1) is 20.8. The van der Waals surface area contributed by atoms with Crippen molar-refractivity contribution < 1.29 is 0 Å². The van der Waals surface area contributed by atoms with Crippen molar-refractivity contribution in [3.8, 4) is 22.5 Å². The molecule has 3 heterocycles. The van der Waals surface area contributed by atoms with E-state index in [0.29, 0.717) is 11.7 Å². The Kier molecular flexibility index (Phi) is 6.45. The number of tetrazole rings is 1. The van der Waals surface area contributed by atoms with E-state index in [1.54, 1.807) is 0 Å². The highest BCUT2D eigenvalue weighted by Gasteiger charge is 2.13. The Morgan fingerprint density at radius 3 is 2.55 bits per heavy atom. The first-order chi connectivity index (χ1) is 15.2. The van der Waals surface area contributed by atoms with Crippen LogP contribution < -0.4 is 0 Å². The maximum absolute atomic E-state index is 4.76. The zero-order valence-electron chi connectivity index (χ0n) is 18.3. The molecule has 31 heavy (non-hydrogen) atoms. The van der Waals surface area contributed by atoms with Crippen molar-refractivity contribution in [1.29, 1.82) is 0 Å². The largest absolute Gasteiger partial charge is 0.261 e. The lowest BCUT2D eigenvalue weighted by atomic mass is 10.0. The van der Waals surface area contributed by atoms with Crippen LogP contribution in [0.2, 0.25) is 0 Å². The molecule has 4 aromatic rings. The van der Waals surface area contributed by atoms with Gasteiger partial charge in [0.2, 0.25) is 5.82 Å². The van der Waals surface area contributed by atoms with Gasteiger partial charge in [-0.3, -0.25) is 4.98 Å². The van der Waals surface area contributed by atoms with Crippen LogP contribution in [-0.2, 0) is 19.4 Å². The molecule has 0 radical (unpaired) electrons. The van der Waals surface area contributed by atoms with Crippen molar-refractivity contribution in [2.24, 2.45) is 0 Å². The first-order valence-corrected chi connectivity index (χ1v) is 10.9. The zero-order valence-corrected chi connectivity index (χ0v) is 18.3. The summed E-state index contributed by atoms with van der Waals surface area (Å²) in [5.74, 6) is 2.91. The minimum atomic E-state index is 0.332. The van der Waals surface area contributed by atoms with E-state index in [2.05, 4.69) is 58.2 Å². The van der Waals surface area contributed by atoms with Gasteiger partial charge < -0.3 is 0 Å². The molecule has 8 heteroatoms. The van der Waals surface area contributed by atoms with Crippen molar-refractivity contribution in [2.75, 3.05) is 0 Å². The Hall–Kier alpha value is -3.42. The number of H-pyrrole nitrogens is 1. The van der Waals surface area contributed by atoms with Crippen LogP contribution in [0.3, 0.4) is 0 Å². The summed E-state index contributed by atoms with van der Waals surface area (Å²) in [7, 11) is 0. The molecule has 1 N–H and O–H groups in total. The van der Waals surface area contributed by atoms with Gasteiger partial charge >= 0.3 is 0 Å². The zero-order chi connectivity index (χ0) is 21.6. The Balaban J connectivity index is 1.50. The fourth-order valence-corrected chi connectivity index (χ4v) is 3.50. The SMILES string of the molecule is CCCCc1nc(C(C)C)nn1CCc1ccc(-c2ccccc2-c2nn[nH]n2)cn1. The summed E-state index contributed by atoms with van der Waals surface area (Å²) in [5.41, 5.74) is 4.01. The van der Waals surface area contributed by atoms with Crippen LogP contribution in [0.15, 0.2) is 42.6 Å². The fraction of sp³-hybridized carbons (Fsp3) is 0.391. The molecule has 1 aromatic carbocycles. The highest BCUT2D eigenvalue weighted by molar-refractivity contribution is 5.79. The molecule has 8 nitrogen and oxygen atoms in total. The Morgan fingerprint density at radius 2 is 1.87 bits per heavy atom. The fourth-order valence-electron chi connectivity index (χ4n) is 3.50. The standard InChI is InChI=1S/C23H28N8/c1-4-5-10-21-25-22(16(2)3)28-31(21)14-13-18-12-11-17(15-24-18)19-8-6-7-9-20(19)23-26-29-30-27-23/h6-9,11-12,15-16H,4-5,10,13-14H2,1-3H3,(H,26,27,29,30). The maximum atomic E-state index is 4.76. The van der Waals surface area contributed by atoms with Crippen LogP contribution >= 0.6 is 0 Å². The molecule has 0 unspecified atom stereocenters. The van der Waals surface area contributed by atoms with Crippen molar-refractivity contribution in [3.63, 3.8) is 0 Å². The quantitative estimate of drug-likeness (QED) is 0.438. The van der Waals surface area contributed by atoms with Gasteiger partial charge in [-0.1, -0.05) is 57.5 Å².